The van der Waals surface area contributed by atoms with Crippen molar-refractivity contribution in [1.29, 1.82) is 0 Å². The maximum absolute atomic E-state index is 11.7. The molecular formula is C11H22N2O. The van der Waals surface area contributed by atoms with Gasteiger partial charge in [-0.25, -0.2) is 0 Å². The summed E-state index contributed by atoms with van der Waals surface area (Å²) in [5, 5.41) is 3.33. The van der Waals surface area contributed by atoms with E-state index in [0.717, 1.165) is 38.9 Å². The Labute approximate surface area is 86.9 Å². The van der Waals surface area contributed by atoms with E-state index in [1.165, 1.54) is 0 Å². The first-order valence-corrected chi connectivity index (χ1v) is 5.79. The summed E-state index contributed by atoms with van der Waals surface area (Å²) < 4.78 is 0. The molecule has 14 heavy (non-hydrogen) atoms. The van der Waals surface area contributed by atoms with E-state index in [4.69, 9.17) is 0 Å². The smallest absolute Gasteiger partial charge is 0.222 e. The van der Waals surface area contributed by atoms with Crippen molar-refractivity contribution in [2.45, 2.75) is 45.6 Å². The first kappa shape index (κ1) is 11.5. The molecule has 0 bridgehead atoms. The lowest BCUT2D eigenvalue weighted by molar-refractivity contribution is -0.133. The molecule has 0 saturated carbocycles. The van der Waals surface area contributed by atoms with Crippen molar-refractivity contribution in [2.24, 2.45) is 0 Å². The van der Waals surface area contributed by atoms with E-state index in [9.17, 15) is 4.79 Å². The molecule has 0 radical (unpaired) electrons. The molecule has 1 amide bonds. The number of hydrogen-bond donors (Lipinski definition) is 1. The predicted octanol–water partition coefficient (Wildman–Crippen LogP) is 1.39. The second-order valence-electron chi connectivity index (χ2n) is 3.92. The summed E-state index contributed by atoms with van der Waals surface area (Å²) in [6.45, 7) is 7.13. The Morgan fingerprint density at radius 2 is 2.00 bits per heavy atom. The molecule has 82 valence electrons. The molecule has 0 unspecified atom stereocenters. The van der Waals surface area contributed by atoms with Gasteiger partial charge in [-0.3, -0.25) is 4.79 Å². The average molecular weight is 198 g/mol. The highest BCUT2D eigenvalue weighted by Gasteiger charge is 2.23. The van der Waals surface area contributed by atoms with Crippen molar-refractivity contribution in [2.75, 3.05) is 19.6 Å². The lowest BCUT2D eigenvalue weighted by Crippen LogP contribution is -2.46. The molecule has 1 rings (SSSR count). The number of nitrogens with zero attached hydrogens (tertiary/aromatic N) is 1. The van der Waals surface area contributed by atoms with Crippen LogP contribution in [-0.2, 0) is 4.79 Å². The van der Waals surface area contributed by atoms with Crippen LogP contribution in [0.3, 0.4) is 0 Å². The number of hydrogen-bond acceptors (Lipinski definition) is 2. The molecule has 1 aliphatic heterocycles. The van der Waals surface area contributed by atoms with Crippen molar-refractivity contribution in [3.05, 3.63) is 0 Å². The van der Waals surface area contributed by atoms with E-state index in [2.05, 4.69) is 17.1 Å². The van der Waals surface area contributed by atoms with Gasteiger partial charge in [-0.2, -0.15) is 0 Å². The van der Waals surface area contributed by atoms with Gasteiger partial charge in [-0.1, -0.05) is 13.8 Å². The van der Waals surface area contributed by atoms with E-state index in [1.54, 1.807) is 0 Å². The number of amides is 1. The van der Waals surface area contributed by atoms with Crippen LogP contribution in [0.15, 0.2) is 0 Å². The third-order valence-corrected chi connectivity index (χ3v) is 2.84. The largest absolute Gasteiger partial charge is 0.340 e. The summed E-state index contributed by atoms with van der Waals surface area (Å²) in [6.07, 6.45) is 3.94. The lowest BCUT2D eigenvalue weighted by atomic mass is 10.0. The van der Waals surface area contributed by atoms with Crippen molar-refractivity contribution < 1.29 is 4.79 Å². The Bertz CT molecular complexity index is 176. The van der Waals surface area contributed by atoms with Crippen molar-refractivity contribution in [1.82, 2.24) is 10.2 Å². The Kier molecular flexibility index (Phi) is 4.94. The van der Waals surface area contributed by atoms with Crippen molar-refractivity contribution >= 4 is 5.91 Å². The quantitative estimate of drug-likeness (QED) is 0.740. The van der Waals surface area contributed by atoms with Crippen molar-refractivity contribution in [3.63, 3.8) is 0 Å². The summed E-state index contributed by atoms with van der Waals surface area (Å²) in [4.78, 5) is 13.8. The van der Waals surface area contributed by atoms with E-state index in [-0.39, 0.29) is 0 Å². The van der Waals surface area contributed by atoms with Crippen LogP contribution in [-0.4, -0.2) is 36.5 Å². The molecule has 1 N–H and O–H groups in total. The lowest BCUT2D eigenvalue weighted by Gasteiger charge is -2.34. The SMILES string of the molecule is CCCN(C(=O)CC)C1CCNCC1. The van der Waals surface area contributed by atoms with E-state index < -0.39 is 0 Å². The van der Waals surface area contributed by atoms with Gasteiger partial charge in [0.05, 0.1) is 0 Å². The fraction of sp³-hybridized carbons (Fsp3) is 0.909. The van der Waals surface area contributed by atoms with Gasteiger partial charge in [-0.05, 0) is 32.4 Å². The molecule has 1 heterocycles. The first-order valence-electron chi connectivity index (χ1n) is 5.79. The van der Waals surface area contributed by atoms with Gasteiger partial charge >= 0.3 is 0 Å². The summed E-state index contributed by atoms with van der Waals surface area (Å²) >= 11 is 0. The van der Waals surface area contributed by atoms with Crippen LogP contribution in [0.2, 0.25) is 0 Å². The van der Waals surface area contributed by atoms with Crippen LogP contribution in [0, 0.1) is 0 Å². The number of rotatable bonds is 4. The van der Waals surface area contributed by atoms with Gasteiger partial charge in [-0.15, -0.1) is 0 Å². The third kappa shape index (κ3) is 2.98. The minimum absolute atomic E-state index is 0.318. The topological polar surface area (TPSA) is 32.3 Å². The Morgan fingerprint density at radius 1 is 1.36 bits per heavy atom. The van der Waals surface area contributed by atoms with Gasteiger partial charge in [0.15, 0.2) is 0 Å². The normalized spacial score (nSPS) is 18.1. The van der Waals surface area contributed by atoms with Crippen LogP contribution in [0.5, 0.6) is 0 Å². The number of carbonyl (C=O) groups is 1. The van der Waals surface area contributed by atoms with E-state index in [0.29, 0.717) is 18.4 Å². The molecule has 0 aliphatic carbocycles. The third-order valence-electron chi connectivity index (χ3n) is 2.84. The second kappa shape index (κ2) is 6.02. The zero-order chi connectivity index (χ0) is 10.4. The summed E-state index contributed by atoms with van der Waals surface area (Å²) in [5.74, 6) is 0.318. The highest BCUT2D eigenvalue weighted by atomic mass is 16.2. The zero-order valence-electron chi connectivity index (χ0n) is 9.38. The molecule has 0 aromatic carbocycles. The molecule has 0 aromatic rings. The molecular weight excluding hydrogens is 176 g/mol. The number of piperidine rings is 1. The fourth-order valence-electron chi connectivity index (χ4n) is 2.07. The first-order chi connectivity index (χ1) is 6.79. The summed E-state index contributed by atoms with van der Waals surface area (Å²) in [7, 11) is 0. The molecule has 1 saturated heterocycles. The van der Waals surface area contributed by atoms with Gasteiger partial charge in [0.1, 0.15) is 0 Å². The van der Waals surface area contributed by atoms with Crippen molar-refractivity contribution in [3.8, 4) is 0 Å². The van der Waals surface area contributed by atoms with Crippen LogP contribution in [0.4, 0.5) is 0 Å². The molecule has 1 aliphatic rings. The monoisotopic (exact) mass is 198 g/mol. The Balaban J connectivity index is 2.50. The minimum Gasteiger partial charge on any atom is -0.340 e. The summed E-state index contributed by atoms with van der Waals surface area (Å²) in [5.41, 5.74) is 0. The maximum atomic E-state index is 11.7. The van der Waals surface area contributed by atoms with Crippen LogP contribution in [0.1, 0.15) is 39.5 Å². The molecule has 3 nitrogen and oxygen atoms in total. The second-order valence-corrected chi connectivity index (χ2v) is 3.92. The van der Waals surface area contributed by atoms with Gasteiger partial charge in [0.2, 0.25) is 5.91 Å². The highest BCUT2D eigenvalue weighted by molar-refractivity contribution is 5.76. The molecule has 0 atom stereocenters. The highest BCUT2D eigenvalue weighted by Crippen LogP contribution is 2.13. The van der Waals surface area contributed by atoms with E-state index >= 15 is 0 Å². The average Bonchev–Trinajstić information content (AvgIpc) is 2.26. The fourth-order valence-corrected chi connectivity index (χ4v) is 2.07. The summed E-state index contributed by atoms with van der Waals surface area (Å²) in [6, 6.07) is 0.489. The van der Waals surface area contributed by atoms with E-state index in [1.807, 2.05) is 6.92 Å². The van der Waals surface area contributed by atoms with Crippen LogP contribution < -0.4 is 5.32 Å². The molecule has 3 heteroatoms. The molecule has 0 spiro atoms. The standard InChI is InChI=1S/C11H22N2O/c1-3-9-13(11(14)4-2)10-5-7-12-8-6-10/h10,12H,3-9H2,1-2H3. The number of nitrogens with one attached hydrogen (secondary N) is 1. The predicted molar refractivity (Wildman–Crippen MR) is 58.2 cm³/mol. The zero-order valence-corrected chi connectivity index (χ0v) is 9.38. The Morgan fingerprint density at radius 3 is 2.50 bits per heavy atom. The van der Waals surface area contributed by atoms with Gasteiger partial charge in [0.25, 0.3) is 0 Å². The van der Waals surface area contributed by atoms with Gasteiger partial charge in [0, 0.05) is 19.0 Å². The Hall–Kier alpha value is -0.570. The molecule has 1 fully saturated rings. The van der Waals surface area contributed by atoms with Crippen LogP contribution in [0.25, 0.3) is 0 Å². The maximum Gasteiger partial charge on any atom is 0.222 e. The molecule has 0 aromatic heterocycles. The van der Waals surface area contributed by atoms with Crippen LogP contribution >= 0.6 is 0 Å². The number of carbonyl (C=O) groups excluding carboxylic acids is 1. The minimum atomic E-state index is 0.318. The van der Waals surface area contributed by atoms with Gasteiger partial charge < -0.3 is 10.2 Å².